The number of anilines is 1. The molecule has 3 aromatic heterocycles. The summed E-state index contributed by atoms with van der Waals surface area (Å²) < 4.78 is 7.58. The highest BCUT2D eigenvalue weighted by atomic mass is 16.6. The Kier molecular flexibility index (Phi) is 4.04. The van der Waals surface area contributed by atoms with E-state index in [0.717, 1.165) is 48.3 Å². The first kappa shape index (κ1) is 18.0. The molecule has 0 aromatic carbocycles. The van der Waals surface area contributed by atoms with Crippen molar-refractivity contribution in [2.24, 2.45) is 0 Å². The van der Waals surface area contributed by atoms with E-state index in [-0.39, 0.29) is 18.2 Å². The summed E-state index contributed by atoms with van der Waals surface area (Å²) in [5.41, 5.74) is 3.86. The van der Waals surface area contributed by atoms with Crippen LogP contribution in [0.15, 0.2) is 36.9 Å². The number of carbonyl (C=O) groups is 1. The number of fused-ring (bicyclic) bond motifs is 3. The van der Waals surface area contributed by atoms with E-state index in [4.69, 9.17) is 4.74 Å². The van der Waals surface area contributed by atoms with Gasteiger partial charge in [-0.3, -0.25) is 10.00 Å². The number of amides is 1. The largest absolute Gasteiger partial charge is 0.444 e. The van der Waals surface area contributed by atoms with Crippen LogP contribution in [0.1, 0.15) is 33.6 Å². The van der Waals surface area contributed by atoms with Crippen molar-refractivity contribution in [3.05, 3.63) is 36.9 Å². The monoisotopic (exact) mass is 394 g/mol. The maximum atomic E-state index is 12.7. The van der Waals surface area contributed by atoms with Crippen molar-refractivity contribution in [3.63, 3.8) is 0 Å². The first-order valence-corrected chi connectivity index (χ1v) is 10.1. The Balaban J connectivity index is 1.42. The SMILES string of the molecule is CC(C)(C)OC(=O)N1C2CCC1CN(c1ccnn3cc(-c4cn[nH]c4)cc13)C2. The average molecular weight is 394 g/mol. The molecule has 1 amide bonds. The summed E-state index contributed by atoms with van der Waals surface area (Å²) in [6.45, 7) is 7.37. The maximum Gasteiger partial charge on any atom is 0.410 e. The molecule has 0 radical (unpaired) electrons. The van der Waals surface area contributed by atoms with Gasteiger partial charge in [0.15, 0.2) is 0 Å². The van der Waals surface area contributed by atoms with Crippen LogP contribution >= 0.6 is 0 Å². The molecule has 2 saturated heterocycles. The Hall–Kier alpha value is -3.03. The van der Waals surface area contributed by atoms with E-state index in [1.807, 2.05) is 55.0 Å². The molecule has 2 aliphatic heterocycles. The van der Waals surface area contributed by atoms with Gasteiger partial charge < -0.3 is 9.64 Å². The number of rotatable bonds is 2. The van der Waals surface area contributed by atoms with E-state index in [2.05, 4.69) is 32.3 Å². The normalized spacial score (nSPS) is 21.8. The summed E-state index contributed by atoms with van der Waals surface area (Å²) in [5.74, 6) is 0. The number of hydrogen-bond acceptors (Lipinski definition) is 5. The molecule has 2 atom stereocenters. The molecule has 29 heavy (non-hydrogen) atoms. The van der Waals surface area contributed by atoms with Crippen LogP contribution in [0.25, 0.3) is 16.6 Å². The van der Waals surface area contributed by atoms with E-state index in [1.54, 1.807) is 0 Å². The zero-order valence-electron chi connectivity index (χ0n) is 17.0. The number of aromatic amines is 1. The molecule has 0 aliphatic carbocycles. The number of hydrogen-bond donors (Lipinski definition) is 1. The van der Waals surface area contributed by atoms with Gasteiger partial charge in [-0.1, -0.05) is 0 Å². The van der Waals surface area contributed by atoms with Gasteiger partial charge in [0, 0.05) is 42.8 Å². The number of nitrogens with one attached hydrogen (secondary N) is 1. The van der Waals surface area contributed by atoms with Crippen LogP contribution in [0, 0.1) is 0 Å². The van der Waals surface area contributed by atoms with E-state index < -0.39 is 5.60 Å². The maximum absolute atomic E-state index is 12.7. The van der Waals surface area contributed by atoms with Crippen molar-refractivity contribution in [2.45, 2.75) is 51.3 Å². The Morgan fingerprint density at radius 1 is 1.21 bits per heavy atom. The third kappa shape index (κ3) is 3.22. The summed E-state index contributed by atoms with van der Waals surface area (Å²) in [5, 5.41) is 11.4. The number of ether oxygens (including phenoxy) is 1. The third-order valence-electron chi connectivity index (χ3n) is 5.75. The Labute approximate surface area is 169 Å². The molecule has 2 aliphatic rings. The predicted molar refractivity (Wildman–Crippen MR) is 110 cm³/mol. The molecule has 0 spiro atoms. The van der Waals surface area contributed by atoms with Gasteiger partial charge in [-0.05, 0) is 45.7 Å². The van der Waals surface area contributed by atoms with Crippen LogP contribution in [0.4, 0.5) is 10.5 Å². The Bertz CT molecular complexity index is 1020. The zero-order valence-corrected chi connectivity index (χ0v) is 17.0. The second-order valence-corrected chi connectivity index (χ2v) is 8.94. The molecule has 3 aromatic rings. The van der Waals surface area contributed by atoms with Crippen LogP contribution in [0.5, 0.6) is 0 Å². The summed E-state index contributed by atoms with van der Waals surface area (Å²) in [4.78, 5) is 17.1. The van der Waals surface area contributed by atoms with Gasteiger partial charge in [-0.15, -0.1) is 0 Å². The molecule has 8 nitrogen and oxygen atoms in total. The van der Waals surface area contributed by atoms with Crippen LogP contribution in [-0.2, 0) is 4.74 Å². The van der Waals surface area contributed by atoms with Gasteiger partial charge in [0.25, 0.3) is 0 Å². The van der Waals surface area contributed by atoms with E-state index in [1.165, 1.54) is 0 Å². The highest BCUT2D eigenvalue weighted by Crippen LogP contribution is 2.36. The number of aromatic nitrogens is 4. The highest BCUT2D eigenvalue weighted by molar-refractivity contribution is 5.80. The minimum atomic E-state index is -0.472. The van der Waals surface area contributed by atoms with Crippen molar-refractivity contribution >= 4 is 17.3 Å². The van der Waals surface area contributed by atoms with Gasteiger partial charge in [0.05, 0.1) is 29.5 Å². The van der Waals surface area contributed by atoms with E-state index >= 15 is 0 Å². The van der Waals surface area contributed by atoms with Gasteiger partial charge in [-0.2, -0.15) is 10.2 Å². The number of piperazine rings is 1. The summed E-state index contributed by atoms with van der Waals surface area (Å²) in [6, 6.07) is 4.58. The van der Waals surface area contributed by atoms with Crippen molar-refractivity contribution in [2.75, 3.05) is 18.0 Å². The lowest BCUT2D eigenvalue weighted by atomic mass is 10.1. The first-order chi connectivity index (χ1) is 13.9. The summed E-state index contributed by atoms with van der Waals surface area (Å²) in [6.07, 6.45) is 9.41. The third-order valence-corrected chi connectivity index (χ3v) is 5.75. The van der Waals surface area contributed by atoms with Crippen molar-refractivity contribution in [3.8, 4) is 11.1 Å². The smallest absolute Gasteiger partial charge is 0.410 e. The predicted octanol–water partition coefficient (Wildman–Crippen LogP) is 3.31. The van der Waals surface area contributed by atoms with Gasteiger partial charge in [-0.25, -0.2) is 9.31 Å². The fourth-order valence-corrected chi connectivity index (χ4v) is 4.55. The van der Waals surface area contributed by atoms with Gasteiger partial charge in [0.2, 0.25) is 0 Å². The molecule has 5 rings (SSSR count). The second-order valence-electron chi connectivity index (χ2n) is 8.94. The fourth-order valence-electron chi connectivity index (χ4n) is 4.55. The average Bonchev–Trinajstić information content (AvgIpc) is 3.37. The molecule has 1 N–H and O–H groups in total. The Morgan fingerprint density at radius 3 is 2.62 bits per heavy atom. The molecule has 8 heteroatoms. The minimum absolute atomic E-state index is 0.181. The molecule has 0 saturated carbocycles. The molecule has 2 fully saturated rings. The topological polar surface area (TPSA) is 78.8 Å². The highest BCUT2D eigenvalue weighted by Gasteiger charge is 2.44. The standard InChI is InChI=1S/C21H26N6O2/c1-21(2,3)29-20(28)27-16-4-5-17(27)13-25(12-16)18-6-7-24-26-11-14(8-19(18)26)15-9-22-23-10-15/h6-11,16-17H,4-5,12-13H2,1-3H3,(H,22,23). The number of nitrogens with zero attached hydrogens (tertiary/aromatic N) is 5. The van der Waals surface area contributed by atoms with Gasteiger partial charge >= 0.3 is 6.09 Å². The van der Waals surface area contributed by atoms with Crippen LogP contribution in [0.2, 0.25) is 0 Å². The number of carbonyl (C=O) groups excluding carboxylic acids is 1. The lowest BCUT2D eigenvalue weighted by molar-refractivity contribution is 0.0123. The van der Waals surface area contributed by atoms with E-state index in [0.29, 0.717) is 0 Å². The molecular weight excluding hydrogens is 368 g/mol. The minimum Gasteiger partial charge on any atom is -0.444 e. The number of H-pyrrole nitrogens is 1. The lowest BCUT2D eigenvalue weighted by Crippen LogP contribution is -2.56. The zero-order chi connectivity index (χ0) is 20.2. The molecule has 152 valence electrons. The van der Waals surface area contributed by atoms with Crippen molar-refractivity contribution in [1.29, 1.82) is 0 Å². The van der Waals surface area contributed by atoms with Crippen LogP contribution < -0.4 is 4.90 Å². The second kappa shape index (κ2) is 6.50. The lowest BCUT2D eigenvalue weighted by Gasteiger charge is -2.42. The fraction of sp³-hybridized carbons (Fsp3) is 0.476. The molecular formula is C21H26N6O2. The van der Waals surface area contributed by atoms with E-state index in [9.17, 15) is 4.79 Å². The first-order valence-electron chi connectivity index (χ1n) is 10.1. The van der Waals surface area contributed by atoms with Crippen LogP contribution in [-0.4, -0.2) is 61.6 Å². The molecule has 5 heterocycles. The quantitative estimate of drug-likeness (QED) is 0.721. The van der Waals surface area contributed by atoms with Crippen molar-refractivity contribution in [1.82, 2.24) is 24.7 Å². The van der Waals surface area contributed by atoms with Crippen LogP contribution in [0.3, 0.4) is 0 Å². The Morgan fingerprint density at radius 2 is 1.97 bits per heavy atom. The molecule has 2 bridgehead atoms. The van der Waals surface area contributed by atoms with Crippen molar-refractivity contribution < 1.29 is 9.53 Å². The molecule has 2 unspecified atom stereocenters. The summed E-state index contributed by atoms with van der Waals surface area (Å²) >= 11 is 0. The van der Waals surface area contributed by atoms with Gasteiger partial charge in [0.1, 0.15) is 5.60 Å². The summed E-state index contributed by atoms with van der Waals surface area (Å²) in [7, 11) is 0.